The molecule has 0 saturated carbocycles. The Morgan fingerprint density at radius 1 is 1.19 bits per heavy atom. The molecule has 5 nitrogen and oxygen atoms in total. The molecule has 0 spiro atoms. The first-order chi connectivity index (χ1) is 10.0. The Morgan fingerprint density at radius 3 is 2.52 bits per heavy atom. The lowest BCUT2D eigenvalue weighted by molar-refractivity contribution is 0.412. The molecule has 0 atom stereocenters. The Morgan fingerprint density at radius 2 is 1.90 bits per heavy atom. The number of hydrogen-bond acceptors (Lipinski definition) is 5. The summed E-state index contributed by atoms with van der Waals surface area (Å²) in [7, 11) is 1.65. The predicted octanol–water partition coefficient (Wildman–Crippen LogP) is 4.04. The monoisotopic (exact) mass is 350 g/mol. The van der Waals surface area contributed by atoms with Crippen LogP contribution in [0.3, 0.4) is 0 Å². The van der Waals surface area contributed by atoms with Crippen LogP contribution >= 0.6 is 15.9 Å². The van der Waals surface area contributed by atoms with E-state index in [1.54, 1.807) is 7.11 Å². The van der Waals surface area contributed by atoms with Gasteiger partial charge in [0.1, 0.15) is 23.2 Å². The average molecular weight is 351 g/mol. The number of nitrogens with one attached hydrogen (secondary N) is 2. The van der Waals surface area contributed by atoms with Gasteiger partial charge in [0.05, 0.1) is 11.6 Å². The van der Waals surface area contributed by atoms with Gasteiger partial charge in [0.25, 0.3) is 0 Å². The van der Waals surface area contributed by atoms with Crippen molar-refractivity contribution in [1.82, 2.24) is 9.97 Å². The smallest absolute Gasteiger partial charge is 0.139 e. The summed E-state index contributed by atoms with van der Waals surface area (Å²) in [5, 5.41) is 6.58. The SMILES string of the molecule is CCNc1nc(C)nc(Nc2ccc(OC)c(Br)c2)c1C. The van der Waals surface area contributed by atoms with Gasteiger partial charge < -0.3 is 15.4 Å². The number of aryl methyl sites for hydroxylation is 1. The molecule has 2 rings (SSSR count). The Bertz CT molecular complexity index is 646. The third kappa shape index (κ3) is 3.64. The number of aromatic nitrogens is 2. The van der Waals surface area contributed by atoms with Gasteiger partial charge in [-0.15, -0.1) is 0 Å². The predicted molar refractivity (Wildman–Crippen MR) is 89.6 cm³/mol. The number of benzene rings is 1. The molecule has 21 heavy (non-hydrogen) atoms. The van der Waals surface area contributed by atoms with Crippen LogP contribution in [-0.2, 0) is 0 Å². The maximum Gasteiger partial charge on any atom is 0.139 e. The molecule has 0 fully saturated rings. The maximum absolute atomic E-state index is 5.23. The molecule has 1 heterocycles. The largest absolute Gasteiger partial charge is 0.496 e. The maximum atomic E-state index is 5.23. The first-order valence-corrected chi connectivity index (χ1v) is 7.54. The fraction of sp³-hybridized carbons (Fsp3) is 0.333. The summed E-state index contributed by atoms with van der Waals surface area (Å²) in [5.74, 6) is 3.19. The minimum absolute atomic E-state index is 0.728. The van der Waals surface area contributed by atoms with Gasteiger partial charge in [-0.05, 0) is 54.9 Å². The zero-order chi connectivity index (χ0) is 15.4. The summed E-state index contributed by atoms with van der Waals surface area (Å²) < 4.78 is 6.13. The van der Waals surface area contributed by atoms with Crippen LogP contribution in [0.5, 0.6) is 5.75 Å². The van der Waals surface area contributed by atoms with E-state index in [2.05, 4.69) is 36.5 Å². The van der Waals surface area contributed by atoms with Gasteiger partial charge in [0, 0.05) is 17.8 Å². The van der Waals surface area contributed by atoms with E-state index in [0.29, 0.717) is 0 Å². The van der Waals surface area contributed by atoms with E-state index in [1.807, 2.05) is 39.0 Å². The third-order valence-corrected chi connectivity index (χ3v) is 3.64. The zero-order valence-corrected chi connectivity index (χ0v) is 14.2. The number of hydrogen-bond donors (Lipinski definition) is 2. The standard InChI is InChI=1S/C15H19BrN4O/c1-5-17-14-9(2)15(19-10(3)18-14)20-11-6-7-13(21-4)12(16)8-11/h6-8H,5H2,1-4H3,(H2,17,18,19,20). The summed E-state index contributed by atoms with van der Waals surface area (Å²) in [6.07, 6.45) is 0. The van der Waals surface area contributed by atoms with E-state index in [-0.39, 0.29) is 0 Å². The lowest BCUT2D eigenvalue weighted by Gasteiger charge is -2.14. The van der Waals surface area contributed by atoms with Gasteiger partial charge in [0.15, 0.2) is 0 Å². The van der Waals surface area contributed by atoms with Crippen molar-refractivity contribution >= 4 is 33.3 Å². The molecule has 0 amide bonds. The molecule has 0 radical (unpaired) electrons. The van der Waals surface area contributed by atoms with Crippen molar-refractivity contribution in [1.29, 1.82) is 0 Å². The second-order valence-electron chi connectivity index (χ2n) is 4.60. The van der Waals surface area contributed by atoms with E-state index in [0.717, 1.165) is 45.5 Å². The molecular formula is C15H19BrN4O. The highest BCUT2D eigenvalue weighted by atomic mass is 79.9. The second-order valence-corrected chi connectivity index (χ2v) is 5.45. The van der Waals surface area contributed by atoms with Crippen molar-refractivity contribution in [2.75, 3.05) is 24.3 Å². The molecule has 1 aromatic carbocycles. The van der Waals surface area contributed by atoms with Crippen molar-refractivity contribution in [2.24, 2.45) is 0 Å². The van der Waals surface area contributed by atoms with Crippen LogP contribution in [-0.4, -0.2) is 23.6 Å². The molecule has 0 aliphatic heterocycles. The van der Waals surface area contributed by atoms with Crippen LogP contribution in [0.25, 0.3) is 0 Å². The molecule has 2 aromatic rings. The van der Waals surface area contributed by atoms with E-state index in [9.17, 15) is 0 Å². The molecule has 0 aliphatic carbocycles. The number of ether oxygens (including phenoxy) is 1. The summed E-state index contributed by atoms with van der Waals surface area (Å²) >= 11 is 3.48. The number of anilines is 3. The topological polar surface area (TPSA) is 59.1 Å². The van der Waals surface area contributed by atoms with Gasteiger partial charge >= 0.3 is 0 Å². The summed E-state index contributed by atoms with van der Waals surface area (Å²) in [6, 6.07) is 5.82. The Hall–Kier alpha value is -1.82. The van der Waals surface area contributed by atoms with Crippen LogP contribution in [0.4, 0.5) is 17.3 Å². The number of halogens is 1. The normalized spacial score (nSPS) is 10.3. The van der Waals surface area contributed by atoms with Gasteiger partial charge in [0.2, 0.25) is 0 Å². The molecule has 0 saturated heterocycles. The summed E-state index contributed by atoms with van der Waals surface area (Å²) in [5.41, 5.74) is 1.93. The molecule has 2 N–H and O–H groups in total. The molecule has 0 bridgehead atoms. The third-order valence-electron chi connectivity index (χ3n) is 3.02. The van der Waals surface area contributed by atoms with E-state index in [1.165, 1.54) is 0 Å². The van der Waals surface area contributed by atoms with Crippen LogP contribution in [0.15, 0.2) is 22.7 Å². The van der Waals surface area contributed by atoms with E-state index in [4.69, 9.17) is 4.74 Å². The molecule has 1 aromatic heterocycles. The number of nitrogens with zero attached hydrogens (tertiary/aromatic N) is 2. The highest BCUT2D eigenvalue weighted by molar-refractivity contribution is 9.10. The first kappa shape index (κ1) is 15.6. The average Bonchev–Trinajstić information content (AvgIpc) is 2.44. The number of methoxy groups -OCH3 is 1. The van der Waals surface area contributed by atoms with Crippen molar-refractivity contribution in [3.8, 4) is 5.75 Å². The quantitative estimate of drug-likeness (QED) is 0.851. The van der Waals surface area contributed by atoms with Crippen molar-refractivity contribution in [3.63, 3.8) is 0 Å². The molecule has 0 aliphatic rings. The fourth-order valence-electron chi connectivity index (χ4n) is 1.97. The van der Waals surface area contributed by atoms with E-state index < -0.39 is 0 Å². The minimum atomic E-state index is 0.728. The summed E-state index contributed by atoms with van der Waals surface area (Å²) in [4.78, 5) is 8.89. The minimum Gasteiger partial charge on any atom is -0.496 e. The van der Waals surface area contributed by atoms with Crippen LogP contribution in [0.1, 0.15) is 18.3 Å². The van der Waals surface area contributed by atoms with Gasteiger partial charge in [-0.25, -0.2) is 9.97 Å². The van der Waals surface area contributed by atoms with Crippen molar-refractivity contribution < 1.29 is 4.74 Å². The van der Waals surface area contributed by atoms with Crippen LogP contribution < -0.4 is 15.4 Å². The Kier molecular flexibility index (Phi) is 5.01. The molecule has 112 valence electrons. The Balaban J connectivity index is 2.32. The highest BCUT2D eigenvalue weighted by Crippen LogP contribution is 2.30. The molecule has 0 unspecified atom stereocenters. The van der Waals surface area contributed by atoms with Gasteiger partial charge in [-0.3, -0.25) is 0 Å². The lowest BCUT2D eigenvalue weighted by atomic mass is 10.2. The number of rotatable bonds is 5. The van der Waals surface area contributed by atoms with E-state index >= 15 is 0 Å². The fourth-order valence-corrected chi connectivity index (χ4v) is 2.51. The summed E-state index contributed by atoms with van der Waals surface area (Å²) in [6.45, 7) is 6.75. The first-order valence-electron chi connectivity index (χ1n) is 6.74. The zero-order valence-electron chi connectivity index (χ0n) is 12.6. The van der Waals surface area contributed by atoms with Crippen molar-refractivity contribution in [2.45, 2.75) is 20.8 Å². The Labute approximate surface area is 133 Å². The van der Waals surface area contributed by atoms with Gasteiger partial charge in [-0.2, -0.15) is 0 Å². The van der Waals surface area contributed by atoms with Crippen LogP contribution in [0, 0.1) is 13.8 Å². The molecule has 6 heteroatoms. The molecular weight excluding hydrogens is 332 g/mol. The van der Waals surface area contributed by atoms with Crippen LogP contribution in [0.2, 0.25) is 0 Å². The van der Waals surface area contributed by atoms with Gasteiger partial charge in [-0.1, -0.05) is 0 Å². The second kappa shape index (κ2) is 6.76. The van der Waals surface area contributed by atoms with Crippen molar-refractivity contribution in [3.05, 3.63) is 34.1 Å². The lowest BCUT2D eigenvalue weighted by Crippen LogP contribution is -2.07. The highest BCUT2D eigenvalue weighted by Gasteiger charge is 2.10.